The van der Waals surface area contributed by atoms with Crippen LogP contribution in [0.2, 0.25) is 0 Å². The highest BCUT2D eigenvalue weighted by Gasteiger charge is 2.39. The topological polar surface area (TPSA) is 113 Å². The van der Waals surface area contributed by atoms with Gasteiger partial charge in [0.2, 0.25) is 0 Å². The number of rotatable bonds is 9. The number of fused-ring (bicyclic) bond motifs is 1. The SMILES string of the molecule is CC(C)(C)c1cc(NC(=O)Nc2ccc(Oc3ccnc(Nc4ccccc4)c3)c3ccccc23)n(-c2cccc(C[P+]3(O)CCCC3)c2)n1. The second-order valence-corrected chi connectivity index (χ2v) is 17.3. The lowest BCUT2D eigenvalue weighted by Crippen LogP contribution is -2.21. The zero-order valence-corrected chi connectivity index (χ0v) is 29.5. The lowest BCUT2D eigenvalue weighted by atomic mass is 9.92. The molecular weight excluding hydrogens is 643 g/mol. The first-order chi connectivity index (χ1) is 24.1. The Balaban J connectivity index is 1.12. The molecule has 0 unspecified atom stereocenters. The van der Waals surface area contributed by atoms with E-state index < -0.39 is 13.5 Å². The van der Waals surface area contributed by atoms with E-state index in [4.69, 9.17) is 9.84 Å². The van der Waals surface area contributed by atoms with Crippen LogP contribution in [0.1, 0.15) is 44.9 Å². The van der Waals surface area contributed by atoms with Gasteiger partial charge in [-0.05, 0) is 60.9 Å². The van der Waals surface area contributed by atoms with E-state index in [9.17, 15) is 9.69 Å². The fourth-order valence-electron chi connectivity index (χ4n) is 6.32. The van der Waals surface area contributed by atoms with Crippen molar-refractivity contribution in [2.24, 2.45) is 0 Å². The monoisotopic (exact) mass is 685 g/mol. The van der Waals surface area contributed by atoms with E-state index in [1.165, 1.54) is 0 Å². The number of nitrogens with one attached hydrogen (secondary N) is 3. The van der Waals surface area contributed by atoms with Crippen molar-refractivity contribution in [2.45, 2.75) is 45.2 Å². The molecule has 6 aromatic rings. The maximum atomic E-state index is 13.6. The predicted molar refractivity (Wildman–Crippen MR) is 205 cm³/mol. The summed E-state index contributed by atoms with van der Waals surface area (Å²) in [5.74, 6) is 2.51. The number of ether oxygens (including phenoxy) is 1. The molecule has 1 aliphatic heterocycles. The number of pyridine rings is 1. The summed E-state index contributed by atoms with van der Waals surface area (Å²) in [6.07, 6.45) is 6.47. The number of hydrogen-bond acceptors (Lipinski definition) is 6. The number of para-hydroxylation sites is 1. The number of carbonyl (C=O) groups excluding carboxylic acids is 1. The Hall–Kier alpha value is -5.24. The summed E-state index contributed by atoms with van der Waals surface area (Å²) in [6, 6.07) is 34.7. The van der Waals surface area contributed by atoms with Crippen LogP contribution in [0, 0.1) is 0 Å². The maximum Gasteiger partial charge on any atom is 0.324 e. The minimum absolute atomic E-state index is 0.237. The number of urea groups is 1. The van der Waals surface area contributed by atoms with E-state index in [0.717, 1.165) is 58.6 Å². The Morgan fingerprint density at radius 2 is 1.62 bits per heavy atom. The highest BCUT2D eigenvalue weighted by atomic mass is 31.2. The van der Waals surface area contributed by atoms with Gasteiger partial charge in [-0.1, -0.05) is 75.4 Å². The summed E-state index contributed by atoms with van der Waals surface area (Å²) < 4.78 is 8.13. The van der Waals surface area contributed by atoms with Gasteiger partial charge in [0.15, 0.2) is 0 Å². The molecule has 4 N–H and O–H groups in total. The standard InChI is InChI=1S/C40H41N6O3P/c1-40(2,3)36-26-38(46(45-36)30-15-11-12-28(24-30)27-50(48)22-9-10-23-50)44-39(47)43-34-18-19-35(33-17-8-7-16-32(33)34)49-31-20-21-41-37(25-31)42-29-13-5-4-6-14-29/h4-8,11-21,24-26,48H,9-10,22-23,27H2,1-3H3,(H2-,41,42,43,44,45,47)/p+1. The molecule has 2 amide bonds. The number of amides is 2. The molecule has 10 heteroatoms. The Labute approximate surface area is 293 Å². The van der Waals surface area contributed by atoms with Crippen molar-refractivity contribution < 1.29 is 14.4 Å². The molecule has 1 fully saturated rings. The minimum atomic E-state index is -1.93. The molecule has 1 aliphatic rings. The summed E-state index contributed by atoms with van der Waals surface area (Å²) in [6.45, 7) is 6.30. The summed E-state index contributed by atoms with van der Waals surface area (Å²) in [5.41, 5.74) is 4.12. The Kier molecular flexibility index (Phi) is 9.27. The zero-order valence-electron chi connectivity index (χ0n) is 28.6. The van der Waals surface area contributed by atoms with Crippen molar-refractivity contribution in [1.29, 1.82) is 0 Å². The third kappa shape index (κ3) is 7.65. The van der Waals surface area contributed by atoms with Gasteiger partial charge < -0.3 is 15.4 Å². The lowest BCUT2D eigenvalue weighted by molar-refractivity contribution is 0.262. The van der Waals surface area contributed by atoms with Crippen LogP contribution in [-0.4, -0.2) is 38.0 Å². The van der Waals surface area contributed by atoms with Crippen LogP contribution in [0.15, 0.2) is 115 Å². The lowest BCUT2D eigenvalue weighted by Gasteiger charge is -2.16. The van der Waals surface area contributed by atoms with Crippen molar-refractivity contribution in [3.05, 3.63) is 127 Å². The molecule has 3 heterocycles. The number of hydrogen-bond donors (Lipinski definition) is 4. The van der Waals surface area contributed by atoms with Crippen molar-refractivity contribution in [2.75, 3.05) is 28.3 Å². The minimum Gasteiger partial charge on any atom is -0.457 e. The van der Waals surface area contributed by atoms with Gasteiger partial charge in [-0.25, -0.2) is 14.5 Å². The third-order valence-corrected chi connectivity index (χ3v) is 12.1. The first-order valence-corrected chi connectivity index (χ1v) is 19.3. The summed E-state index contributed by atoms with van der Waals surface area (Å²) in [5, 5.41) is 16.0. The van der Waals surface area contributed by atoms with Gasteiger partial charge in [-0.15, -0.1) is 0 Å². The average Bonchev–Trinajstić information content (AvgIpc) is 3.73. The van der Waals surface area contributed by atoms with Crippen LogP contribution in [0.5, 0.6) is 11.5 Å². The van der Waals surface area contributed by atoms with E-state index in [0.29, 0.717) is 35.0 Å². The fourth-order valence-corrected chi connectivity index (χ4v) is 9.36. The molecule has 0 aliphatic carbocycles. The Bertz CT molecular complexity index is 2140. The van der Waals surface area contributed by atoms with Gasteiger partial charge in [-0.3, -0.25) is 10.2 Å². The smallest absolute Gasteiger partial charge is 0.324 e. The van der Waals surface area contributed by atoms with Crippen LogP contribution in [-0.2, 0) is 11.6 Å². The molecule has 0 spiro atoms. The Morgan fingerprint density at radius 3 is 2.40 bits per heavy atom. The van der Waals surface area contributed by atoms with E-state index in [1.807, 2.05) is 97.1 Å². The highest BCUT2D eigenvalue weighted by molar-refractivity contribution is 7.69. The van der Waals surface area contributed by atoms with Gasteiger partial charge in [-0.2, -0.15) is 5.10 Å². The zero-order chi connectivity index (χ0) is 34.7. The summed E-state index contributed by atoms with van der Waals surface area (Å²) >= 11 is 0. The number of nitrogens with zero attached hydrogens (tertiary/aromatic N) is 3. The summed E-state index contributed by atoms with van der Waals surface area (Å²) in [4.78, 5) is 29.2. The molecule has 50 heavy (non-hydrogen) atoms. The second-order valence-electron chi connectivity index (χ2n) is 13.9. The summed E-state index contributed by atoms with van der Waals surface area (Å²) in [7, 11) is -1.93. The van der Waals surface area contributed by atoms with Crippen molar-refractivity contribution in [3.63, 3.8) is 0 Å². The molecule has 254 valence electrons. The van der Waals surface area contributed by atoms with Gasteiger partial charge in [0.1, 0.15) is 36.8 Å². The van der Waals surface area contributed by atoms with E-state index in [1.54, 1.807) is 10.9 Å². The molecule has 2 aromatic heterocycles. The van der Waals surface area contributed by atoms with Crippen LogP contribution in [0.25, 0.3) is 16.5 Å². The van der Waals surface area contributed by atoms with E-state index in [-0.39, 0.29) is 5.41 Å². The van der Waals surface area contributed by atoms with E-state index in [2.05, 4.69) is 53.8 Å². The fraction of sp³-hybridized carbons (Fsp3) is 0.225. The number of aromatic nitrogens is 3. The quantitative estimate of drug-likeness (QED) is 0.113. The normalized spacial score (nSPS) is 14.0. The molecule has 1 saturated heterocycles. The van der Waals surface area contributed by atoms with E-state index >= 15 is 0 Å². The molecule has 0 atom stereocenters. The Morgan fingerprint density at radius 1 is 0.860 bits per heavy atom. The molecule has 4 aromatic carbocycles. The van der Waals surface area contributed by atoms with Gasteiger partial charge >= 0.3 is 6.03 Å². The molecule has 0 bridgehead atoms. The second kappa shape index (κ2) is 13.9. The van der Waals surface area contributed by atoms with Gasteiger partial charge in [0.05, 0.1) is 29.4 Å². The van der Waals surface area contributed by atoms with Crippen molar-refractivity contribution in [3.8, 4) is 17.2 Å². The molecule has 0 saturated carbocycles. The molecular formula is C40H42N6O3P+. The molecule has 7 rings (SSSR count). The first kappa shape index (κ1) is 33.3. The number of benzene rings is 4. The van der Waals surface area contributed by atoms with Crippen LogP contribution >= 0.6 is 7.49 Å². The number of anilines is 4. The molecule has 0 radical (unpaired) electrons. The maximum absolute atomic E-state index is 13.6. The van der Waals surface area contributed by atoms with Gasteiger partial charge in [0.25, 0.3) is 0 Å². The number of carbonyl (C=O) groups is 1. The highest BCUT2D eigenvalue weighted by Crippen LogP contribution is 2.62. The third-order valence-electron chi connectivity index (χ3n) is 8.89. The predicted octanol–water partition coefficient (Wildman–Crippen LogP) is 10.1. The molecule has 9 nitrogen and oxygen atoms in total. The largest absolute Gasteiger partial charge is 0.457 e. The van der Waals surface area contributed by atoms with Gasteiger partial charge in [0, 0.05) is 40.2 Å². The van der Waals surface area contributed by atoms with Crippen LogP contribution in [0.3, 0.4) is 0 Å². The first-order valence-electron chi connectivity index (χ1n) is 17.0. The van der Waals surface area contributed by atoms with Crippen LogP contribution in [0.4, 0.5) is 27.8 Å². The van der Waals surface area contributed by atoms with Crippen molar-refractivity contribution >= 4 is 47.3 Å². The average molecular weight is 686 g/mol. The van der Waals surface area contributed by atoms with Crippen LogP contribution < -0.4 is 20.7 Å². The van der Waals surface area contributed by atoms with Crippen molar-refractivity contribution in [1.82, 2.24) is 14.8 Å².